The fraction of sp³-hybridized carbons (Fsp3) is 0.185. The molecule has 0 aliphatic heterocycles. The van der Waals surface area contributed by atoms with Crippen molar-refractivity contribution in [2.75, 3.05) is 33.1 Å². The largest absolute Gasteiger partial charge is 0.493 e. The maximum atomic E-state index is 14.5. The number of methoxy groups -OCH3 is 1. The predicted molar refractivity (Wildman–Crippen MR) is 135 cm³/mol. The molecule has 0 saturated heterocycles. The first-order valence-corrected chi connectivity index (χ1v) is 10.9. The first-order chi connectivity index (χ1) is 16.4. The van der Waals surface area contributed by atoms with Crippen molar-refractivity contribution in [3.8, 4) is 28.0 Å². The van der Waals surface area contributed by atoms with Gasteiger partial charge < -0.3 is 19.9 Å². The Morgan fingerprint density at radius 3 is 2.76 bits per heavy atom. The first kappa shape index (κ1) is 23.2. The second-order valence-electron chi connectivity index (χ2n) is 8.38. The molecular formula is C27H27FN4O2. The third-order valence-corrected chi connectivity index (χ3v) is 5.42. The number of aromatic amines is 1. The number of nitrogens with one attached hydrogen (secondary N) is 2. The molecule has 0 saturated carbocycles. The van der Waals surface area contributed by atoms with Crippen molar-refractivity contribution in [2.24, 2.45) is 0 Å². The lowest BCUT2D eigenvalue weighted by Gasteiger charge is -2.11. The summed E-state index contributed by atoms with van der Waals surface area (Å²) in [7, 11) is 5.35. The van der Waals surface area contributed by atoms with Gasteiger partial charge in [-0.1, -0.05) is 18.2 Å². The number of hydrogen-bond acceptors (Lipinski definition) is 4. The Morgan fingerprint density at radius 1 is 1.18 bits per heavy atom. The quantitative estimate of drug-likeness (QED) is 0.363. The molecule has 0 atom stereocenters. The van der Waals surface area contributed by atoms with Crippen LogP contribution < -0.4 is 10.1 Å². The lowest BCUT2D eigenvalue weighted by Crippen LogP contribution is -2.12. The van der Waals surface area contributed by atoms with Gasteiger partial charge >= 0.3 is 0 Å². The number of ether oxygens (including phenoxy) is 1. The molecule has 0 fully saturated rings. The molecule has 7 heteroatoms. The molecule has 0 bridgehead atoms. The molecule has 174 valence electrons. The molecule has 2 heterocycles. The minimum atomic E-state index is -0.404. The maximum absolute atomic E-state index is 14.5. The van der Waals surface area contributed by atoms with E-state index in [1.165, 1.54) is 19.3 Å². The summed E-state index contributed by atoms with van der Waals surface area (Å²) in [5.41, 5.74) is 5.43. The highest BCUT2D eigenvalue weighted by molar-refractivity contribution is 6.00. The average Bonchev–Trinajstić information content (AvgIpc) is 3.21. The lowest BCUT2D eigenvalue weighted by atomic mass is 10.00. The molecule has 2 aromatic heterocycles. The third-order valence-electron chi connectivity index (χ3n) is 5.42. The van der Waals surface area contributed by atoms with E-state index in [0.717, 1.165) is 27.6 Å². The summed E-state index contributed by atoms with van der Waals surface area (Å²) < 4.78 is 19.9. The molecular weight excluding hydrogens is 431 g/mol. The van der Waals surface area contributed by atoms with Crippen LogP contribution in [0.1, 0.15) is 5.56 Å². The fourth-order valence-electron chi connectivity index (χ4n) is 3.85. The molecule has 4 rings (SSSR count). The van der Waals surface area contributed by atoms with Gasteiger partial charge in [0.05, 0.1) is 7.11 Å². The van der Waals surface area contributed by atoms with Crippen LogP contribution in [0, 0.1) is 12.7 Å². The number of rotatable bonds is 7. The van der Waals surface area contributed by atoms with Gasteiger partial charge in [0.25, 0.3) is 0 Å². The number of hydrogen-bond donors (Lipinski definition) is 2. The van der Waals surface area contributed by atoms with Crippen molar-refractivity contribution in [2.45, 2.75) is 6.92 Å². The molecule has 1 amide bonds. The summed E-state index contributed by atoms with van der Waals surface area (Å²) in [6, 6.07) is 12.9. The number of halogens is 1. The zero-order chi connectivity index (χ0) is 24.2. The van der Waals surface area contributed by atoms with Crippen molar-refractivity contribution >= 4 is 22.6 Å². The number of fused-ring (bicyclic) bond motifs is 1. The zero-order valence-electron chi connectivity index (χ0n) is 19.6. The van der Waals surface area contributed by atoms with E-state index in [1.54, 1.807) is 6.20 Å². The molecule has 0 aliphatic rings. The SMILES string of the molecule is COc1c(F)cc(C)cc1-c1c[nH]c2ncc(-c3cccc(NC(=O)/C=C/CN(C)C)c3)cc12. The zero-order valence-corrected chi connectivity index (χ0v) is 19.6. The molecule has 4 aromatic rings. The Labute approximate surface area is 198 Å². The van der Waals surface area contributed by atoms with E-state index in [9.17, 15) is 9.18 Å². The predicted octanol–water partition coefficient (Wildman–Crippen LogP) is 5.41. The topological polar surface area (TPSA) is 70.2 Å². The minimum absolute atomic E-state index is 0.186. The van der Waals surface area contributed by atoms with Crippen molar-refractivity contribution in [3.05, 3.63) is 78.4 Å². The number of benzene rings is 2. The number of carbonyl (C=O) groups excluding carboxylic acids is 1. The van der Waals surface area contributed by atoms with Crippen LogP contribution in [0.2, 0.25) is 0 Å². The number of H-pyrrole nitrogens is 1. The van der Waals surface area contributed by atoms with Gasteiger partial charge in [-0.25, -0.2) is 9.37 Å². The molecule has 0 radical (unpaired) electrons. The standard InChI is InChI=1S/C27H27FN4O2/c1-17-11-21(26(34-4)24(28)12-17)23-16-30-27-22(23)14-19(15-29-27)18-7-5-8-20(13-18)31-25(33)9-6-10-32(2)3/h5-9,11-16H,10H2,1-4H3,(H,29,30)(H,31,33)/b9-6+. The van der Waals surface area contributed by atoms with E-state index in [2.05, 4.69) is 15.3 Å². The Balaban J connectivity index is 1.68. The van der Waals surface area contributed by atoms with Gasteiger partial charge in [-0.15, -0.1) is 0 Å². The summed E-state index contributed by atoms with van der Waals surface area (Å²) in [4.78, 5) is 21.9. The number of aryl methyl sites for hydroxylation is 1. The molecule has 34 heavy (non-hydrogen) atoms. The number of pyridine rings is 1. The van der Waals surface area contributed by atoms with Gasteiger partial charge in [0.15, 0.2) is 11.6 Å². The van der Waals surface area contributed by atoms with Crippen molar-refractivity contribution < 1.29 is 13.9 Å². The second kappa shape index (κ2) is 9.89. The maximum Gasteiger partial charge on any atom is 0.248 e. The van der Waals surface area contributed by atoms with Gasteiger partial charge in [-0.05, 0) is 62.5 Å². The Hall–Kier alpha value is -3.97. The van der Waals surface area contributed by atoms with Crippen LogP contribution in [0.3, 0.4) is 0 Å². The summed E-state index contributed by atoms with van der Waals surface area (Å²) in [5, 5.41) is 3.74. The molecule has 0 unspecified atom stereocenters. The number of carbonyl (C=O) groups is 1. The Morgan fingerprint density at radius 2 is 2.00 bits per heavy atom. The highest BCUT2D eigenvalue weighted by Gasteiger charge is 2.17. The normalized spacial score (nSPS) is 11.5. The van der Waals surface area contributed by atoms with Gasteiger partial charge in [-0.3, -0.25) is 4.79 Å². The van der Waals surface area contributed by atoms with Crippen LogP contribution in [0.5, 0.6) is 5.75 Å². The molecule has 0 aliphatic carbocycles. The van der Waals surface area contributed by atoms with Crippen molar-refractivity contribution in [1.29, 1.82) is 0 Å². The van der Waals surface area contributed by atoms with E-state index in [0.29, 0.717) is 23.4 Å². The highest BCUT2D eigenvalue weighted by Crippen LogP contribution is 2.38. The van der Waals surface area contributed by atoms with Crippen molar-refractivity contribution in [1.82, 2.24) is 14.9 Å². The summed E-state index contributed by atoms with van der Waals surface area (Å²) in [6.45, 7) is 2.54. The molecule has 2 N–H and O–H groups in total. The van der Waals surface area contributed by atoms with Crippen LogP contribution in [-0.2, 0) is 4.79 Å². The Kier molecular flexibility index (Phi) is 6.75. The number of anilines is 1. The summed E-state index contributed by atoms with van der Waals surface area (Å²) in [6.07, 6.45) is 6.93. The van der Waals surface area contributed by atoms with Gasteiger partial charge in [-0.2, -0.15) is 0 Å². The number of amides is 1. The van der Waals surface area contributed by atoms with Crippen molar-refractivity contribution in [3.63, 3.8) is 0 Å². The molecule has 6 nitrogen and oxygen atoms in total. The smallest absolute Gasteiger partial charge is 0.248 e. The van der Waals surface area contributed by atoms with Crippen LogP contribution >= 0.6 is 0 Å². The van der Waals surface area contributed by atoms with E-state index in [1.807, 2.05) is 74.6 Å². The van der Waals surface area contributed by atoms with Gasteiger partial charge in [0.1, 0.15) is 5.65 Å². The third kappa shape index (κ3) is 5.00. The molecule has 2 aromatic carbocycles. The average molecular weight is 459 g/mol. The summed E-state index contributed by atoms with van der Waals surface area (Å²) >= 11 is 0. The number of nitrogens with zero attached hydrogens (tertiary/aromatic N) is 2. The number of aromatic nitrogens is 2. The van der Waals surface area contributed by atoms with Crippen LogP contribution in [-0.4, -0.2) is 48.5 Å². The van der Waals surface area contributed by atoms with Crippen LogP contribution in [0.25, 0.3) is 33.3 Å². The van der Waals surface area contributed by atoms with Gasteiger partial charge in [0.2, 0.25) is 5.91 Å². The van der Waals surface area contributed by atoms with E-state index in [-0.39, 0.29) is 11.7 Å². The van der Waals surface area contributed by atoms with Gasteiger partial charge in [0, 0.05) is 52.8 Å². The molecule has 0 spiro atoms. The summed E-state index contributed by atoms with van der Waals surface area (Å²) in [5.74, 6) is -0.392. The van der Waals surface area contributed by atoms with E-state index >= 15 is 0 Å². The monoisotopic (exact) mass is 458 g/mol. The first-order valence-electron chi connectivity index (χ1n) is 10.9. The number of likely N-dealkylation sites (N-methyl/N-ethyl adjacent to an activating group) is 1. The lowest BCUT2D eigenvalue weighted by molar-refractivity contribution is -0.111. The van der Waals surface area contributed by atoms with E-state index < -0.39 is 5.82 Å². The second-order valence-corrected chi connectivity index (χ2v) is 8.38. The Bertz CT molecular complexity index is 1370. The minimum Gasteiger partial charge on any atom is -0.493 e. The van der Waals surface area contributed by atoms with Crippen LogP contribution in [0.4, 0.5) is 10.1 Å². The van der Waals surface area contributed by atoms with Crippen LogP contribution in [0.15, 0.2) is 67.0 Å². The fourth-order valence-corrected chi connectivity index (χ4v) is 3.85. The van der Waals surface area contributed by atoms with E-state index in [4.69, 9.17) is 4.74 Å². The highest BCUT2D eigenvalue weighted by atomic mass is 19.1.